The minimum absolute atomic E-state index is 0.0369. The minimum atomic E-state index is -0.605. The zero-order chi connectivity index (χ0) is 26.7. The number of aromatic nitrogens is 2. The molecule has 8 nitrogen and oxygen atoms in total. The molecule has 2 amide bonds. The van der Waals surface area contributed by atoms with Crippen LogP contribution in [0.4, 0.5) is 14.9 Å². The fourth-order valence-corrected chi connectivity index (χ4v) is 5.35. The van der Waals surface area contributed by atoms with Crippen molar-refractivity contribution in [1.82, 2.24) is 9.72 Å². The molecule has 0 saturated carbocycles. The van der Waals surface area contributed by atoms with Crippen LogP contribution >= 0.6 is 11.6 Å². The number of fused-ring (bicyclic) bond motifs is 3. The number of anilines is 1. The summed E-state index contributed by atoms with van der Waals surface area (Å²) in [5, 5.41) is 5.46. The van der Waals surface area contributed by atoms with E-state index in [1.807, 2.05) is 35.8 Å². The van der Waals surface area contributed by atoms with Crippen LogP contribution in [-0.4, -0.2) is 34.9 Å². The molecule has 6 rings (SSSR count). The van der Waals surface area contributed by atoms with E-state index in [9.17, 15) is 14.0 Å². The molecule has 3 heterocycles. The van der Waals surface area contributed by atoms with E-state index in [1.165, 1.54) is 12.1 Å². The lowest BCUT2D eigenvalue weighted by Gasteiger charge is -2.13. The lowest BCUT2D eigenvalue weighted by molar-refractivity contribution is 0.100. The van der Waals surface area contributed by atoms with Gasteiger partial charge < -0.3 is 19.6 Å². The Morgan fingerprint density at radius 1 is 1.13 bits per heavy atom. The molecule has 1 aliphatic heterocycles. The van der Waals surface area contributed by atoms with Crippen molar-refractivity contribution in [2.75, 3.05) is 18.1 Å². The summed E-state index contributed by atoms with van der Waals surface area (Å²) in [6.45, 7) is 4.65. The Labute approximate surface area is 221 Å². The van der Waals surface area contributed by atoms with Gasteiger partial charge in [0, 0.05) is 39.6 Å². The molecule has 38 heavy (non-hydrogen) atoms. The number of hydrogen-bond acceptors (Lipinski definition) is 5. The summed E-state index contributed by atoms with van der Waals surface area (Å²) in [5.41, 5.74) is 11.2. The third-order valence-electron chi connectivity index (χ3n) is 6.93. The van der Waals surface area contributed by atoms with Gasteiger partial charge >= 0.3 is 6.09 Å². The molecule has 10 heteroatoms. The highest BCUT2D eigenvalue weighted by Gasteiger charge is 2.26. The second kappa shape index (κ2) is 8.88. The molecular weight excluding hydrogens is 511 g/mol. The van der Waals surface area contributed by atoms with Gasteiger partial charge in [-0.1, -0.05) is 22.8 Å². The number of amides is 2. The van der Waals surface area contributed by atoms with Gasteiger partial charge in [0.15, 0.2) is 0 Å². The van der Waals surface area contributed by atoms with Gasteiger partial charge in [0.25, 0.3) is 0 Å². The third-order valence-corrected chi connectivity index (χ3v) is 7.24. The molecule has 2 aromatic heterocycles. The van der Waals surface area contributed by atoms with Gasteiger partial charge in [-0.2, -0.15) is 0 Å². The van der Waals surface area contributed by atoms with E-state index >= 15 is 0 Å². The smallest absolute Gasteiger partial charge is 0.414 e. The lowest BCUT2D eigenvalue weighted by atomic mass is 9.97. The van der Waals surface area contributed by atoms with Crippen molar-refractivity contribution in [1.29, 1.82) is 0 Å². The molecule has 1 fully saturated rings. The molecular formula is C28H22ClFN4O4. The van der Waals surface area contributed by atoms with Crippen LogP contribution < -0.4 is 10.6 Å². The molecule has 0 unspecified atom stereocenters. The van der Waals surface area contributed by atoms with Crippen molar-refractivity contribution in [3.05, 3.63) is 82.0 Å². The van der Waals surface area contributed by atoms with E-state index in [0.717, 1.165) is 22.0 Å². The molecule has 1 saturated heterocycles. The van der Waals surface area contributed by atoms with Crippen LogP contribution in [0.5, 0.6) is 0 Å². The number of aryl methyl sites for hydroxylation is 2. The second-order valence-electron chi connectivity index (χ2n) is 9.28. The maximum Gasteiger partial charge on any atom is 0.414 e. The number of cyclic esters (lactones) is 1. The summed E-state index contributed by atoms with van der Waals surface area (Å²) in [5.74, 6) is -0.519. The van der Waals surface area contributed by atoms with Crippen LogP contribution in [0.3, 0.4) is 0 Å². The highest BCUT2D eigenvalue weighted by Crippen LogP contribution is 2.39. The minimum Gasteiger partial charge on any atom is -0.447 e. The quantitative estimate of drug-likeness (QED) is 0.300. The summed E-state index contributed by atoms with van der Waals surface area (Å²) in [6, 6.07) is 13.9. The Morgan fingerprint density at radius 3 is 2.61 bits per heavy atom. The van der Waals surface area contributed by atoms with Crippen LogP contribution in [0, 0.1) is 19.7 Å². The van der Waals surface area contributed by atoms with Crippen LogP contribution in [0.15, 0.2) is 53.1 Å². The van der Waals surface area contributed by atoms with Crippen molar-refractivity contribution >= 4 is 51.1 Å². The number of halogens is 2. The molecule has 1 aliphatic rings. The highest BCUT2D eigenvalue weighted by molar-refractivity contribution is 6.30. The number of nitrogens with zero attached hydrogens (tertiary/aromatic N) is 3. The van der Waals surface area contributed by atoms with E-state index in [1.54, 1.807) is 24.0 Å². The first-order chi connectivity index (χ1) is 18.2. The summed E-state index contributed by atoms with van der Waals surface area (Å²) < 4.78 is 26.8. The topological polar surface area (TPSA) is 104 Å². The molecule has 0 spiro atoms. The van der Waals surface area contributed by atoms with Gasteiger partial charge in [-0.15, -0.1) is 0 Å². The van der Waals surface area contributed by atoms with Gasteiger partial charge in [0.2, 0.25) is 5.91 Å². The molecule has 0 aliphatic carbocycles. The summed E-state index contributed by atoms with van der Waals surface area (Å²) >= 11 is 5.92. The monoisotopic (exact) mass is 532 g/mol. The fraction of sp³-hybridized carbons (Fsp3) is 0.179. The van der Waals surface area contributed by atoms with Gasteiger partial charge in [-0.3, -0.25) is 9.69 Å². The molecule has 192 valence electrons. The van der Waals surface area contributed by atoms with Crippen molar-refractivity contribution in [2.24, 2.45) is 5.73 Å². The number of hydrogen-bond donors (Lipinski definition) is 1. The number of carbonyl (C=O) groups excluding carboxylic acids is 2. The fourth-order valence-electron chi connectivity index (χ4n) is 5.23. The number of benzene rings is 3. The van der Waals surface area contributed by atoms with Crippen LogP contribution in [0.25, 0.3) is 32.9 Å². The van der Waals surface area contributed by atoms with Gasteiger partial charge in [-0.05, 0) is 67.4 Å². The number of primary amides is 1. The van der Waals surface area contributed by atoms with E-state index in [4.69, 9.17) is 26.6 Å². The number of rotatable bonds is 5. The third kappa shape index (κ3) is 3.78. The number of nitrogens with two attached hydrogens (primary N) is 1. The lowest BCUT2D eigenvalue weighted by Crippen LogP contribution is -2.23. The maximum absolute atomic E-state index is 14.3. The molecule has 0 bridgehead atoms. The van der Waals surface area contributed by atoms with Crippen molar-refractivity contribution in [2.45, 2.75) is 20.4 Å². The molecule has 2 N–H and O–H groups in total. The van der Waals surface area contributed by atoms with E-state index in [2.05, 4.69) is 5.16 Å². The second-order valence-corrected chi connectivity index (χ2v) is 9.69. The van der Waals surface area contributed by atoms with Gasteiger partial charge in [-0.25, -0.2) is 9.18 Å². The average molecular weight is 533 g/mol. The SMILES string of the molecule is Cc1noc(C)c1-c1cc(C(N)=O)c2c3cc(N4CCOC4=O)ccc3n(Cc3ccc(Cl)c(F)c3)c2c1. The first-order valence-electron chi connectivity index (χ1n) is 11.9. The maximum atomic E-state index is 14.3. The largest absolute Gasteiger partial charge is 0.447 e. The Kier molecular flexibility index (Phi) is 5.61. The predicted molar refractivity (Wildman–Crippen MR) is 142 cm³/mol. The average Bonchev–Trinajstić information content (AvgIpc) is 3.56. The number of carbonyl (C=O) groups is 2. The first kappa shape index (κ1) is 24.0. The van der Waals surface area contributed by atoms with Crippen molar-refractivity contribution in [3.8, 4) is 11.1 Å². The van der Waals surface area contributed by atoms with Crippen molar-refractivity contribution in [3.63, 3.8) is 0 Å². The summed E-state index contributed by atoms with van der Waals surface area (Å²) in [6.07, 6.45) is -0.430. The van der Waals surface area contributed by atoms with Crippen molar-refractivity contribution < 1.29 is 23.2 Å². The molecule has 3 aromatic carbocycles. The van der Waals surface area contributed by atoms with E-state index in [0.29, 0.717) is 58.9 Å². The van der Waals surface area contributed by atoms with Crippen LogP contribution in [-0.2, 0) is 11.3 Å². The van der Waals surface area contributed by atoms with E-state index in [-0.39, 0.29) is 5.02 Å². The molecule has 0 radical (unpaired) electrons. The normalized spacial score (nSPS) is 13.6. The standard InChI is InChI=1S/C28H22ClFN4O4/c1-14-25(15(2)38-32-14)17-10-20(27(31)35)26-19-12-18(33-7-8-37-28(33)36)4-6-23(19)34(24(26)11-17)13-16-3-5-21(29)22(30)9-16/h3-6,9-12H,7-8,13H2,1-2H3,(H2,31,35). The van der Waals surface area contributed by atoms with E-state index < -0.39 is 17.8 Å². The molecule has 0 atom stereocenters. The predicted octanol–water partition coefficient (Wildman–Crippen LogP) is 5.96. The van der Waals surface area contributed by atoms with Crippen LogP contribution in [0.1, 0.15) is 27.4 Å². The molecule has 5 aromatic rings. The number of ether oxygens (including phenoxy) is 1. The van der Waals surface area contributed by atoms with Gasteiger partial charge in [0.1, 0.15) is 18.2 Å². The Hall–Kier alpha value is -4.37. The highest BCUT2D eigenvalue weighted by atomic mass is 35.5. The van der Waals surface area contributed by atoms with Gasteiger partial charge in [0.05, 0.1) is 22.8 Å². The first-order valence-corrected chi connectivity index (χ1v) is 12.3. The Balaban J connectivity index is 1.67. The summed E-state index contributed by atoms with van der Waals surface area (Å²) in [7, 11) is 0. The summed E-state index contributed by atoms with van der Waals surface area (Å²) in [4.78, 5) is 26.6. The Morgan fingerprint density at radius 2 is 1.95 bits per heavy atom. The zero-order valence-electron chi connectivity index (χ0n) is 20.5. The Bertz CT molecular complexity index is 1770. The van der Waals surface area contributed by atoms with Crippen LogP contribution in [0.2, 0.25) is 5.02 Å². The zero-order valence-corrected chi connectivity index (χ0v) is 21.3.